The summed E-state index contributed by atoms with van der Waals surface area (Å²) in [6, 6.07) is 0. The average Bonchev–Trinajstić information content (AvgIpc) is 1.58. The first kappa shape index (κ1) is 84.7. The maximum atomic E-state index is 11.1. The Hall–Kier alpha value is -5.56. The zero-order valence-corrected chi connectivity index (χ0v) is 57.8. The van der Waals surface area contributed by atoms with Gasteiger partial charge in [-0.15, -0.1) is 74.5 Å². The average molecular weight is 1350 g/mol. The van der Waals surface area contributed by atoms with Gasteiger partial charge in [0.15, 0.2) is 0 Å². The Kier molecular flexibility index (Phi) is 48.8. The molecule has 0 aromatic carbocycles. The predicted molar refractivity (Wildman–Crippen MR) is 369 cm³/mol. The SMILES string of the molecule is C=CCOCC(COCC=C)(COCC=C)COCCCCn1cc(COCCC(CO)(CCOCc2cn(CCCCOCC(COCC=C)(COCC=C)COCC=C)nn2)CCOCc2cn(CCCCOCC(COCC=C)(COCC=C)COCC=C)nn2)nn1. The van der Waals surface area contributed by atoms with E-state index in [9.17, 15) is 5.11 Å². The van der Waals surface area contributed by atoms with Gasteiger partial charge in [0.05, 0.1) is 193 Å². The smallest absolute Gasteiger partial charge is 0.108 e. The second-order valence-corrected chi connectivity index (χ2v) is 24.0. The molecule has 0 radical (unpaired) electrons. The van der Waals surface area contributed by atoms with Gasteiger partial charge in [-0.05, 0) is 57.8 Å². The highest BCUT2D eigenvalue weighted by Gasteiger charge is 2.35. The van der Waals surface area contributed by atoms with Crippen LogP contribution in [0.5, 0.6) is 0 Å². The summed E-state index contributed by atoms with van der Waals surface area (Å²) in [5, 5.41) is 37.3. The molecule has 0 aliphatic carbocycles. The molecule has 25 heteroatoms. The third-order valence-electron chi connectivity index (χ3n) is 15.0. The van der Waals surface area contributed by atoms with Crippen LogP contribution in [0.1, 0.15) is 74.9 Å². The van der Waals surface area contributed by atoms with Crippen molar-refractivity contribution in [2.45, 2.75) is 97.2 Å². The Balaban J connectivity index is 1.55. The quantitative estimate of drug-likeness (QED) is 0.0409. The Morgan fingerprint density at radius 2 is 0.510 bits per heavy atom. The van der Waals surface area contributed by atoms with Crippen LogP contribution in [0.3, 0.4) is 0 Å². The van der Waals surface area contributed by atoms with E-state index in [1.807, 2.05) is 32.6 Å². The van der Waals surface area contributed by atoms with Crippen LogP contribution in [-0.2, 0) is 111 Å². The molecule has 0 spiro atoms. The van der Waals surface area contributed by atoms with E-state index < -0.39 is 21.7 Å². The number of hydrogen-bond donors (Lipinski definition) is 1. The molecule has 0 atom stereocenters. The maximum absolute atomic E-state index is 11.1. The van der Waals surface area contributed by atoms with Gasteiger partial charge in [-0.1, -0.05) is 70.3 Å². The van der Waals surface area contributed by atoms with Gasteiger partial charge < -0.3 is 76.2 Å². The number of rotatable bonds is 73. The molecule has 3 aromatic heterocycles. The van der Waals surface area contributed by atoms with Gasteiger partial charge in [0.1, 0.15) is 17.1 Å². The Labute approximate surface area is 572 Å². The van der Waals surface area contributed by atoms with Gasteiger partial charge in [-0.25, -0.2) is 0 Å². The minimum atomic E-state index is -0.584. The standard InChI is InChI=1S/C71H117N9O16/c1-10-31-85-53-69(54-86-32-11-2,55-87-33-12-3)62-94-40-22-19-28-78-46-65(72-75-78)49-82-43-25-68(52-81,26-44-83-50-66-47-79(76-73-66)29-20-23-41-95-63-70(56-88-34-13-4,57-89-35-14-5)58-90-36-15-6)27-45-84-51-67-48-80(77-74-67)30-21-24-42-96-64-71(59-91-37-16-7,60-92-38-17-8)61-93-39-18-9/h10-18,46-48,81H,1-9,19-45,49-64H2. The predicted octanol–water partition coefficient (Wildman–Crippen LogP) is 8.73. The molecule has 0 fully saturated rings. The zero-order valence-electron chi connectivity index (χ0n) is 57.8. The Morgan fingerprint density at radius 3 is 0.719 bits per heavy atom. The third-order valence-corrected chi connectivity index (χ3v) is 15.0. The molecule has 96 heavy (non-hydrogen) atoms. The van der Waals surface area contributed by atoms with Crippen molar-refractivity contribution in [3.8, 4) is 0 Å². The van der Waals surface area contributed by atoms with Crippen LogP contribution in [0.2, 0.25) is 0 Å². The molecule has 0 aliphatic heterocycles. The molecule has 3 heterocycles. The molecule has 3 rings (SSSR count). The minimum Gasteiger partial charge on any atom is -0.396 e. The summed E-state index contributed by atoms with van der Waals surface area (Å²) >= 11 is 0. The van der Waals surface area contributed by atoms with Gasteiger partial charge in [0.25, 0.3) is 0 Å². The molecule has 0 aliphatic rings. The summed E-state index contributed by atoms with van der Waals surface area (Å²) in [5.41, 5.74) is 0.0156. The number of hydrogen-bond acceptors (Lipinski definition) is 22. The molecule has 0 bridgehead atoms. The van der Waals surface area contributed by atoms with E-state index in [-0.39, 0.29) is 26.4 Å². The summed E-state index contributed by atoms with van der Waals surface area (Å²) < 4.78 is 95.4. The lowest BCUT2D eigenvalue weighted by molar-refractivity contribution is -0.0979. The monoisotopic (exact) mass is 1350 g/mol. The number of aryl methyl sites for hydroxylation is 3. The fourth-order valence-corrected chi connectivity index (χ4v) is 9.83. The van der Waals surface area contributed by atoms with Gasteiger partial charge in [-0.2, -0.15) is 0 Å². The number of aromatic nitrogens is 9. The van der Waals surface area contributed by atoms with E-state index in [2.05, 4.69) is 90.1 Å². The van der Waals surface area contributed by atoms with E-state index in [4.69, 9.17) is 71.1 Å². The Morgan fingerprint density at radius 1 is 0.292 bits per heavy atom. The second kappa shape index (κ2) is 55.3. The minimum absolute atomic E-state index is 0.106. The van der Waals surface area contributed by atoms with Crippen LogP contribution >= 0.6 is 0 Å². The van der Waals surface area contributed by atoms with Crippen LogP contribution in [0, 0.1) is 21.7 Å². The van der Waals surface area contributed by atoms with E-state index >= 15 is 0 Å². The van der Waals surface area contributed by atoms with Gasteiger partial charge in [0.2, 0.25) is 0 Å². The fourth-order valence-electron chi connectivity index (χ4n) is 9.83. The van der Waals surface area contributed by atoms with Crippen molar-refractivity contribution in [2.24, 2.45) is 21.7 Å². The summed E-state index contributed by atoms with van der Waals surface area (Å²) in [6.45, 7) is 47.6. The highest BCUT2D eigenvalue weighted by Crippen LogP contribution is 2.32. The van der Waals surface area contributed by atoms with Crippen LogP contribution in [0.15, 0.2) is 132 Å². The first-order valence-electron chi connectivity index (χ1n) is 33.5. The molecule has 542 valence electrons. The summed E-state index contributed by atoms with van der Waals surface area (Å²) in [4.78, 5) is 0. The van der Waals surface area contributed by atoms with Crippen molar-refractivity contribution in [1.29, 1.82) is 0 Å². The highest BCUT2D eigenvalue weighted by molar-refractivity contribution is 4.93. The van der Waals surface area contributed by atoms with Crippen LogP contribution in [-0.4, -0.2) is 235 Å². The van der Waals surface area contributed by atoms with Crippen molar-refractivity contribution < 1.29 is 76.2 Å². The van der Waals surface area contributed by atoms with Gasteiger partial charge in [0, 0.05) is 71.3 Å². The first-order valence-corrected chi connectivity index (χ1v) is 33.5. The number of unbranched alkanes of at least 4 members (excludes halogenated alkanes) is 3. The summed E-state index contributed by atoms with van der Waals surface area (Å²) in [5.74, 6) is 0. The maximum Gasteiger partial charge on any atom is 0.108 e. The molecule has 0 saturated heterocycles. The fraction of sp³-hybridized carbons (Fsp3) is 0.662. The van der Waals surface area contributed by atoms with E-state index in [1.54, 1.807) is 54.7 Å². The molecular weight excluding hydrogens is 1230 g/mol. The zero-order chi connectivity index (χ0) is 69.2. The lowest BCUT2D eigenvalue weighted by Crippen LogP contribution is -2.42. The van der Waals surface area contributed by atoms with Crippen molar-refractivity contribution >= 4 is 0 Å². The second-order valence-electron chi connectivity index (χ2n) is 24.0. The van der Waals surface area contributed by atoms with Crippen molar-refractivity contribution in [3.05, 3.63) is 150 Å². The normalized spacial score (nSPS) is 12.1. The molecule has 25 nitrogen and oxygen atoms in total. The van der Waals surface area contributed by atoms with Gasteiger partial charge >= 0.3 is 0 Å². The van der Waals surface area contributed by atoms with Crippen LogP contribution in [0.4, 0.5) is 0 Å². The lowest BCUT2D eigenvalue weighted by Gasteiger charge is -2.32. The molecule has 3 aromatic rings. The van der Waals surface area contributed by atoms with E-state index in [0.29, 0.717) is 234 Å². The van der Waals surface area contributed by atoms with E-state index in [0.717, 1.165) is 38.5 Å². The highest BCUT2D eigenvalue weighted by atomic mass is 16.5. The number of aliphatic hydroxyl groups is 1. The molecule has 0 amide bonds. The first-order chi connectivity index (χ1) is 47.1. The molecular formula is C71H117N9O16. The van der Waals surface area contributed by atoms with Crippen molar-refractivity contribution in [2.75, 3.05) is 185 Å². The largest absolute Gasteiger partial charge is 0.396 e. The number of nitrogens with zero attached hydrogens (tertiary/aromatic N) is 9. The molecule has 1 N–H and O–H groups in total. The van der Waals surface area contributed by atoms with Crippen LogP contribution in [0.25, 0.3) is 0 Å². The summed E-state index contributed by atoms with van der Waals surface area (Å²) in [6.07, 6.45) is 27.6. The van der Waals surface area contributed by atoms with E-state index in [1.165, 1.54) is 0 Å². The number of ether oxygens (including phenoxy) is 15. The topological polar surface area (TPSA) is 251 Å². The van der Waals surface area contributed by atoms with Crippen molar-refractivity contribution in [1.82, 2.24) is 45.0 Å². The molecule has 0 saturated carbocycles. The van der Waals surface area contributed by atoms with Crippen molar-refractivity contribution in [3.63, 3.8) is 0 Å². The van der Waals surface area contributed by atoms with Crippen LogP contribution < -0.4 is 0 Å². The summed E-state index contributed by atoms with van der Waals surface area (Å²) in [7, 11) is 0. The van der Waals surface area contributed by atoms with Gasteiger partial charge in [-0.3, -0.25) is 14.0 Å². The third kappa shape index (κ3) is 38.6. The lowest BCUT2D eigenvalue weighted by atomic mass is 9.79. The molecule has 0 unspecified atom stereocenters. The Bertz CT molecular complexity index is 2120. The number of aliphatic hydroxyl groups excluding tert-OH is 1.